The average Bonchev–Trinajstić information content (AvgIpc) is 2.38. The number of halogens is 1. The highest BCUT2D eigenvalue weighted by Gasteiger charge is 2.18. The summed E-state index contributed by atoms with van der Waals surface area (Å²) in [6, 6.07) is 11.7. The molecule has 0 aliphatic carbocycles. The van der Waals surface area contributed by atoms with E-state index < -0.39 is 0 Å². The zero-order valence-corrected chi connectivity index (χ0v) is 11.2. The molecule has 0 amide bonds. The molecule has 0 radical (unpaired) electrons. The van der Waals surface area contributed by atoms with Gasteiger partial charge >= 0.3 is 5.97 Å². The molecule has 0 saturated heterocycles. The standard InChI is InChI=1S/C14H15NO2.ClH/c1-9(14(16)17-2)11-8-7-10-5-3-4-6-12(10)13(11)15;/h3-9H,15H2,1-2H3;1H. The minimum absolute atomic E-state index is 0. The fourth-order valence-electron chi connectivity index (χ4n) is 1.99. The molecule has 0 bridgehead atoms. The van der Waals surface area contributed by atoms with Gasteiger partial charge in [-0.2, -0.15) is 0 Å². The van der Waals surface area contributed by atoms with E-state index in [4.69, 9.17) is 10.5 Å². The van der Waals surface area contributed by atoms with E-state index in [0.29, 0.717) is 5.69 Å². The number of anilines is 1. The van der Waals surface area contributed by atoms with Crippen LogP contribution in [0.3, 0.4) is 0 Å². The summed E-state index contributed by atoms with van der Waals surface area (Å²) in [7, 11) is 1.38. The van der Waals surface area contributed by atoms with Gasteiger partial charge in [0.15, 0.2) is 0 Å². The Morgan fingerprint density at radius 1 is 1.22 bits per heavy atom. The van der Waals surface area contributed by atoms with Crippen LogP contribution in [0.15, 0.2) is 36.4 Å². The quantitative estimate of drug-likeness (QED) is 0.670. The zero-order chi connectivity index (χ0) is 12.4. The van der Waals surface area contributed by atoms with E-state index in [9.17, 15) is 4.79 Å². The number of hydrogen-bond acceptors (Lipinski definition) is 3. The first-order chi connectivity index (χ1) is 8.15. The number of methoxy groups -OCH3 is 1. The van der Waals surface area contributed by atoms with Gasteiger partial charge in [0.25, 0.3) is 0 Å². The average molecular weight is 266 g/mol. The molecule has 2 aromatic carbocycles. The van der Waals surface area contributed by atoms with Gasteiger partial charge in [-0.15, -0.1) is 12.4 Å². The number of carbonyl (C=O) groups is 1. The lowest BCUT2D eigenvalue weighted by Crippen LogP contribution is -2.12. The molecule has 4 heteroatoms. The summed E-state index contributed by atoms with van der Waals surface area (Å²) in [4.78, 5) is 11.5. The van der Waals surface area contributed by atoms with Crippen molar-refractivity contribution in [2.24, 2.45) is 0 Å². The largest absolute Gasteiger partial charge is 0.469 e. The Labute approximate surface area is 112 Å². The van der Waals surface area contributed by atoms with Crippen molar-refractivity contribution in [3.05, 3.63) is 42.0 Å². The van der Waals surface area contributed by atoms with Crippen LogP contribution in [0.5, 0.6) is 0 Å². The summed E-state index contributed by atoms with van der Waals surface area (Å²) in [5.74, 6) is -0.614. The SMILES string of the molecule is COC(=O)C(C)c1ccc2ccccc2c1N.Cl. The number of ether oxygens (including phenoxy) is 1. The summed E-state index contributed by atoms with van der Waals surface area (Å²) < 4.78 is 4.74. The number of benzene rings is 2. The van der Waals surface area contributed by atoms with E-state index in [1.54, 1.807) is 6.92 Å². The summed E-state index contributed by atoms with van der Waals surface area (Å²) >= 11 is 0. The molecule has 0 aromatic heterocycles. The Bertz CT molecular complexity index is 569. The number of nitrogen functional groups attached to an aromatic ring is 1. The Morgan fingerprint density at radius 2 is 1.89 bits per heavy atom. The normalized spacial score (nSPS) is 11.7. The molecular formula is C14H16ClNO2. The van der Waals surface area contributed by atoms with Gasteiger partial charge in [0.2, 0.25) is 0 Å². The second-order valence-electron chi connectivity index (χ2n) is 4.03. The molecule has 1 atom stereocenters. The highest BCUT2D eigenvalue weighted by Crippen LogP contribution is 2.30. The van der Waals surface area contributed by atoms with Crippen molar-refractivity contribution in [2.75, 3.05) is 12.8 Å². The van der Waals surface area contributed by atoms with Crippen molar-refractivity contribution in [2.45, 2.75) is 12.8 Å². The molecule has 2 aromatic rings. The van der Waals surface area contributed by atoms with E-state index in [1.807, 2.05) is 36.4 Å². The molecule has 3 nitrogen and oxygen atoms in total. The predicted molar refractivity (Wildman–Crippen MR) is 76.0 cm³/mol. The lowest BCUT2D eigenvalue weighted by molar-refractivity contribution is -0.141. The predicted octanol–water partition coefficient (Wildman–Crippen LogP) is 3.12. The Kier molecular flexibility index (Phi) is 4.56. The number of rotatable bonds is 2. The van der Waals surface area contributed by atoms with Gasteiger partial charge in [-0.05, 0) is 17.9 Å². The van der Waals surface area contributed by atoms with Gasteiger partial charge in [0, 0.05) is 11.1 Å². The number of fused-ring (bicyclic) bond motifs is 1. The summed E-state index contributed by atoms with van der Waals surface area (Å²) in [6.45, 7) is 1.80. The zero-order valence-electron chi connectivity index (χ0n) is 10.3. The van der Waals surface area contributed by atoms with Crippen LogP contribution < -0.4 is 5.73 Å². The van der Waals surface area contributed by atoms with Crippen LogP contribution in [0.1, 0.15) is 18.4 Å². The van der Waals surface area contributed by atoms with E-state index in [1.165, 1.54) is 7.11 Å². The third-order valence-electron chi connectivity index (χ3n) is 3.03. The number of esters is 1. The molecule has 0 saturated carbocycles. The molecule has 1 unspecified atom stereocenters. The summed E-state index contributed by atoms with van der Waals surface area (Å²) in [6.07, 6.45) is 0. The Balaban J connectivity index is 0.00000162. The summed E-state index contributed by atoms with van der Waals surface area (Å²) in [5.41, 5.74) is 7.57. The van der Waals surface area contributed by atoms with Crippen molar-refractivity contribution in [1.82, 2.24) is 0 Å². The molecule has 2 rings (SSSR count). The highest BCUT2D eigenvalue weighted by atomic mass is 35.5. The topological polar surface area (TPSA) is 52.3 Å². The van der Waals surface area contributed by atoms with Crippen LogP contribution in [0, 0.1) is 0 Å². The van der Waals surface area contributed by atoms with E-state index >= 15 is 0 Å². The molecule has 0 fully saturated rings. The smallest absolute Gasteiger partial charge is 0.312 e. The van der Waals surface area contributed by atoms with Crippen molar-refractivity contribution in [3.63, 3.8) is 0 Å². The Morgan fingerprint density at radius 3 is 2.56 bits per heavy atom. The van der Waals surface area contributed by atoms with Crippen molar-refractivity contribution < 1.29 is 9.53 Å². The van der Waals surface area contributed by atoms with Crippen LogP contribution in [0.4, 0.5) is 5.69 Å². The van der Waals surface area contributed by atoms with Gasteiger partial charge < -0.3 is 10.5 Å². The second-order valence-corrected chi connectivity index (χ2v) is 4.03. The Hall–Kier alpha value is -1.74. The maximum atomic E-state index is 11.5. The van der Waals surface area contributed by atoms with Crippen molar-refractivity contribution in [3.8, 4) is 0 Å². The molecular weight excluding hydrogens is 250 g/mol. The van der Waals surface area contributed by atoms with Gasteiger partial charge in [0.05, 0.1) is 13.0 Å². The maximum Gasteiger partial charge on any atom is 0.312 e. The monoisotopic (exact) mass is 265 g/mol. The molecule has 18 heavy (non-hydrogen) atoms. The van der Waals surface area contributed by atoms with E-state index in [-0.39, 0.29) is 24.3 Å². The number of carbonyl (C=O) groups excluding carboxylic acids is 1. The van der Waals surface area contributed by atoms with Gasteiger partial charge in [-0.1, -0.05) is 36.4 Å². The molecule has 0 spiro atoms. The highest BCUT2D eigenvalue weighted by molar-refractivity contribution is 5.96. The third-order valence-corrected chi connectivity index (χ3v) is 3.03. The lowest BCUT2D eigenvalue weighted by atomic mass is 9.95. The van der Waals surface area contributed by atoms with Crippen molar-refractivity contribution in [1.29, 1.82) is 0 Å². The third kappa shape index (κ3) is 2.41. The second kappa shape index (κ2) is 5.74. The molecule has 0 heterocycles. The van der Waals surface area contributed by atoms with E-state index in [0.717, 1.165) is 16.3 Å². The maximum absolute atomic E-state index is 11.5. The van der Waals surface area contributed by atoms with Crippen LogP contribution >= 0.6 is 12.4 Å². The number of hydrogen-bond donors (Lipinski definition) is 1. The summed E-state index contributed by atoms with van der Waals surface area (Å²) in [5, 5.41) is 2.05. The van der Waals surface area contributed by atoms with Crippen LogP contribution in [-0.2, 0) is 9.53 Å². The number of nitrogens with two attached hydrogens (primary N) is 1. The fourth-order valence-corrected chi connectivity index (χ4v) is 1.99. The lowest BCUT2D eigenvalue weighted by Gasteiger charge is -2.14. The first kappa shape index (κ1) is 14.3. The van der Waals surface area contributed by atoms with Gasteiger partial charge in [-0.3, -0.25) is 4.79 Å². The molecule has 0 aliphatic heterocycles. The van der Waals surface area contributed by atoms with Crippen LogP contribution in [-0.4, -0.2) is 13.1 Å². The van der Waals surface area contributed by atoms with Crippen LogP contribution in [0.2, 0.25) is 0 Å². The van der Waals surface area contributed by atoms with Gasteiger partial charge in [-0.25, -0.2) is 0 Å². The molecule has 96 valence electrons. The molecule has 0 aliphatic rings. The van der Waals surface area contributed by atoms with Gasteiger partial charge in [0.1, 0.15) is 0 Å². The van der Waals surface area contributed by atoms with Crippen molar-refractivity contribution >= 4 is 34.8 Å². The minimum atomic E-state index is -0.343. The van der Waals surface area contributed by atoms with E-state index in [2.05, 4.69) is 0 Å². The van der Waals surface area contributed by atoms with Crippen LogP contribution in [0.25, 0.3) is 10.8 Å². The first-order valence-corrected chi connectivity index (χ1v) is 5.50. The fraction of sp³-hybridized carbons (Fsp3) is 0.214. The first-order valence-electron chi connectivity index (χ1n) is 5.50. The minimum Gasteiger partial charge on any atom is -0.469 e. The molecule has 2 N–H and O–H groups in total.